The van der Waals surface area contributed by atoms with Gasteiger partial charge in [-0.2, -0.15) is 0 Å². The number of carbonyl (C=O) groups excluding carboxylic acids is 1. The molecule has 4 nitrogen and oxygen atoms in total. The zero-order valence-corrected chi connectivity index (χ0v) is 12.3. The summed E-state index contributed by atoms with van der Waals surface area (Å²) in [6.45, 7) is 7.20. The molecule has 0 fully saturated rings. The molecule has 0 spiro atoms. The Kier molecular flexibility index (Phi) is 5.62. The molecule has 1 aromatic rings. The van der Waals surface area contributed by atoms with Crippen LogP contribution in [0.4, 0.5) is 4.79 Å². The van der Waals surface area contributed by atoms with Crippen LogP contribution in [-0.2, 0) is 16.0 Å². The van der Waals surface area contributed by atoms with Crippen LogP contribution >= 0.6 is 11.3 Å². The van der Waals surface area contributed by atoms with Crippen molar-refractivity contribution >= 4 is 17.4 Å². The summed E-state index contributed by atoms with van der Waals surface area (Å²) in [4.78, 5) is 14.8. The number of hydrogen-bond acceptors (Lipinski definition) is 4. The summed E-state index contributed by atoms with van der Waals surface area (Å²) in [6.07, 6.45) is -0.298. The first kappa shape index (κ1) is 15.0. The van der Waals surface area contributed by atoms with Crippen molar-refractivity contribution < 1.29 is 14.3 Å². The number of methoxy groups -OCH3 is 1. The molecule has 0 N–H and O–H groups in total. The second-order valence-corrected chi connectivity index (χ2v) is 6.01. The highest BCUT2D eigenvalue weighted by atomic mass is 32.1. The molecule has 0 unspecified atom stereocenters. The molecule has 0 saturated carbocycles. The predicted molar refractivity (Wildman–Crippen MR) is 72.8 cm³/mol. The summed E-state index contributed by atoms with van der Waals surface area (Å²) >= 11 is 1.63. The van der Waals surface area contributed by atoms with Crippen molar-refractivity contribution in [3.8, 4) is 0 Å². The quantitative estimate of drug-likeness (QED) is 0.826. The van der Waals surface area contributed by atoms with E-state index in [1.54, 1.807) is 23.3 Å². The van der Waals surface area contributed by atoms with Crippen LogP contribution in [0.25, 0.3) is 0 Å². The Morgan fingerprint density at radius 1 is 1.44 bits per heavy atom. The maximum Gasteiger partial charge on any atom is 0.410 e. The van der Waals surface area contributed by atoms with Gasteiger partial charge in [-0.1, -0.05) is 6.07 Å². The number of amides is 1. The topological polar surface area (TPSA) is 38.8 Å². The molecule has 0 saturated heterocycles. The second-order valence-electron chi connectivity index (χ2n) is 4.97. The van der Waals surface area contributed by atoms with Crippen LogP contribution in [0.5, 0.6) is 0 Å². The highest BCUT2D eigenvalue weighted by molar-refractivity contribution is 7.09. The summed E-state index contributed by atoms with van der Waals surface area (Å²) in [5.74, 6) is 0. The third kappa shape index (κ3) is 5.51. The molecular formula is C13H21NO3S. The summed E-state index contributed by atoms with van der Waals surface area (Å²) in [7, 11) is 1.62. The standard InChI is InChI=1S/C13H21NO3S/c1-13(2,3)17-12(15)14(7-8-16-4)10-11-6-5-9-18-11/h5-6,9H,7-8,10H2,1-4H3. The van der Waals surface area contributed by atoms with Crippen LogP contribution < -0.4 is 0 Å². The van der Waals surface area contributed by atoms with E-state index in [1.165, 1.54) is 0 Å². The minimum Gasteiger partial charge on any atom is -0.444 e. The molecule has 1 aromatic heterocycles. The summed E-state index contributed by atoms with van der Waals surface area (Å²) in [5.41, 5.74) is -0.474. The number of thiophene rings is 1. The van der Waals surface area contributed by atoms with E-state index in [0.29, 0.717) is 19.7 Å². The Labute approximate surface area is 113 Å². The normalized spacial score (nSPS) is 11.3. The van der Waals surface area contributed by atoms with E-state index in [4.69, 9.17) is 9.47 Å². The van der Waals surface area contributed by atoms with Crippen molar-refractivity contribution in [2.24, 2.45) is 0 Å². The van der Waals surface area contributed by atoms with E-state index in [2.05, 4.69) is 0 Å². The predicted octanol–water partition coefficient (Wildman–Crippen LogP) is 3.13. The van der Waals surface area contributed by atoms with Crippen molar-refractivity contribution in [2.45, 2.75) is 32.9 Å². The molecule has 1 rings (SSSR count). The molecular weight excluding hydrogens is 250 g/mol. The Hall–Kier alpha value is -1.07. The van der Waals surface area contributed by atoms with Crippen LogP contribution in [0.1, 0.15) is 25.6 Å². The third-order valence-corrected chi connectivity index (χ3v) is 3.00. The molecule has 0 atom stereocenters. The van der Waals surface area contributed by atoms with Gasteiger partial charge in [0.25, 0.3) is 0 Å². The van der Waals surface area contributed by atoms with E-state index >= 15 is 0 Å². The van der Waals surface area contributed by atoms with Gasteiger partial charge in [0.05, 0.1) is 13.2 Å². The van der Waals surface area contributed by atoms with Gasteiger partial charge in [0.15, 0.2) is 0 Å². The first-order chi connectivity index (χ1) is 8.42. The molecule has 0 aromatic carbocycles. The minimum absolute atomic E-state index is 0.298. The summed E-state index contributed by atoms with van der Waals surface area (Å²) < 4.78 is 10.4. The Morgan fingerprint density at radius 3 is 2.67 bits per heavy atom. The smallest absolute Gasteiger partial charge is 0.410 e. The summed E-state index contributed by atoms with van der Waals surface area (Å²) in [6, 6.07) is 3.98. The lowest BCUT2D eigenvalue weighted by Gasteiger charge is -2.27. The Morgan fingerprint density at radius 2 is 2.17 bits per heavy atom. The maximum absolute atomic E-state index is 12.0. The maximum atomic E-state index is 12.0. The van der Waals surface area contributed by atoms with Gasteiger partial charge in [-0.05, 0) is 32.2 Å². The number of carbonyl (C=O) groups is 1. The fraction of sp³-hybridized carbons (Fsp3) is 0.615. The Balaban J connectivity index is 2.62. The number of hydrogen-bond donors (Lipinski definition) is 0. The largest absolute Gasteiger partial charge is 0.444 e. The molecule has 102 valence electrons. The molecule has 0 bridgehead atoms. The van der Waals surface area contributed by atoms with E-state index in [0.717, 1.165) is 4.88 Å². The molecule has 1 amide bonds. The van der Waals surface area contributed by atoms with Crippen molar-refractivity contribution in [1.82, 2.24) is 4.90 Å². The number of ether oxygens (including phenoxy) is 2. The minimum atomic E-state index is -0.474. The molecule has 0 aliphatic rings. The van der Waals surface area contributed by atoms with Gasteiger partial charge >= 0.3 is 6.09 Å². The first-order valence-electron chi connectivity index (χ1n) is 5.91. The average molecular weight is 271 g/mol. The van der Waals surface area contributed by atoms with Crippen molar-refractivity contribution in [3.05, 3.63) is 22.4 Å². The second kappa shape index (κ2) is 6.75. The molecule has 0 aliphatic heterocycles. The molecule has 18 heavy (non-hydrogen) atoms. The van der Waals surface area contributed by atoms with Gasteiger partial charge in [0.2, 0.25) is 0 Å². The fourth-order valence-electron chi connectivity index (χ4n) is 1.35. The van der Waals surface area contributed by atoms with E-state index in [-0.39, 0.29) is 6.09 Å². The van der Waals surface area contributed by atoms with Gasteiger partial charge in [-0.25, -0.2) is 4.79 Å². The van der Waals surface area contributed by atoms with E-state index in [9.17, 15) is 4.79 Å². The molecule has 1 heterocycles. The van der Waals surface area contributed by atoms with Gasteiger partial charge in [-0.3, -0.25) is 0 Å². The lowest BCUT2D eigenvalue weighted by molar-refractivity contribution is 0.0186. The van der Waals surface area contributed by atoms with Crippen LogP contribution in [0.3, 0.4) is 0 Å². The van der Waals surface area contributed by atoms with Crippen molar-refractivity contribution in [3.63, 3.8) is 0 Å². The van der Waals surface area contributed by atoms with Gasteiger partial charge in [-0.15, -0.1) is 11.3 Å². The lowest BCUT2D eigenvalue weighted by Crippen LogP contribution is -2.38. The van der Waals surface area contributed by atoms with Crippen LogP contribution in [0, 0.1) is 0 Å². The molecule has 0 aliphatic carbocycles. The zero-order valence-electron chi connectivity index (χ0n) is 11.4. The third-order valence-electron chi connectivity index (χ3n) is 2.14. The molecule has 5 heteroatoms. The Bertz CT molecular complexity index is 357. The lowest BCUT2D eigenvalue weighted by atomic mass is 10.2. The van der Waals surface area contributed by atoms with Gasteiger partial charge in [0.1, 0.15) is 5.60 Å². The molecule has 0 radical (unpaired) electrons. The monoisotopic (exact) mass is 271 g/mol. The van der Waals surface area contributed by atoms with Gasteiger partial charge in [0, 0.05) is 18.5 Å². The highest BCUT2D eigenvalue weighted by Crippen LogP contribution is 2.15. The van der Waals surface area contributed by atoms with E-state index in [1.807, 2.05) is 38.3 Å². The van der Waals surface area contributed by atoms with Crippen LogP contribution in [0.2, 0.25) is 0 Å². The SMILES string of the molecule is COCCN(Cc1cccs1)C(=O)OC(C)(C)C. The first-order valence-corrected chi connectivity index (χ1v) is 6.79. The number of rotatable bonds is 5. The number of nitrogens with zero attached hydrogens (tertiary/aromatic N) is 1. The van der Waals surface area contributed by atoms with Crippen molar-refractivity contribution in [1.29, 1.82) is 0 Å². The highest BCUT2D eigenvalue weighted by Gasteiger charge is 2.22. The summed E-state index contributed by atoms with van der Waals surface area (Å²) in [5, 5.41) is 2.00. The van der Waals surface area contributed by atoms with Crippen LogP contribution in [-0.4, -0.2) is 36.9 Å². The zero-order chi connectivity index (χ0) is 13.6. The van der Waals surface area contributed by atoms with Crippen LogP contribution in [0.15, 0.2) is 17.5 Å². The van der Waals surface area contributed by atoms with E-state index < -0.39 is 5.60 Å². The fourth-order valence-corrected chi connectivity index (χ4v) is 2.07. The average Bonchev–Trinajstić information content (AvgIpc) is 2.74. The van der Waals surface area contributed by atoms with Gasteiger partial charge < -0.3 is 14.4 Å². The van der Waals surface area contributed by atoms with Crippen molar-refractivity contribution in [2.75, 3.05) is 20.3 Å².